The zero-order valence-electron chi connectivity index (χ0n) is 28.1. The van der Waals surface area contributed by atoms with Crippen LogP contribution in [0.25, 0.3) is 10.4 Å². The van der Waals surface area contributed by atoms with Crippen LogP contribution in [-0.4, -0.2) is 69.0 Å². The highest BCUT2D eigenvalue weighted by Crippen LogP contribution is 2.33. The largest absolute Gasteiger partial charge is 0.481 e. The van der Waals surface area contributed by atoms with Gasteiger partial charge < -0.3 is 25.2 Å². The molecule has 0 saturated carbocycles. The fourth-order valence-electron chi connectivity index (χ4n) is 5.23. The van der Waals surface area contributed by atoms with E-state index in [1.54, 1.807) is 54.6 Å². The van der Waals surface area contributed by atoms with Crippen LogP contribution in [0.5, 0.6) is 5.88 Å². The number of halogens is 2. The molecule has 0 unspecified atom stereocenters. The summed E-state index contributed by atoms with van der Waals surface area (Å²) in [4.78, 5) is 33.3. The van der Waals surface area contributed by atoms with Gasteiger partial charge >= 0.3 is 6.09 Å². The van der Waals surface area contributed by atoms with Gasteiger partial charge in [0.1, 0.15) is 18.5 Å². The van der Waals surface area contributed by atoms with E-state index in [0.29, 0.717) is 22.0 Å². The number of carbonyl (C=O) groups is 2. The van der Waals surface area contributed by atoms with E-state index in [1.807, 2.05) is 0 Å². The number of rotatable bonds is 17. The Hall–Kier alpha value is -5.25. The standard InChI is InChI=1S/C35H37ClFN7O7S/c1-22(45)19-40-35(47)51-21-26(43-52(48,49)27-7-4-3-5-8-27)16-17-28-29(37)9-6-10-30(28)41-34(46)33(42-44-38)32(23-11-14-25(36)15-12-23)24-13-18-31(50-2)39-20-24/h3-15,18,20,22,26,32-33,43,45H,16-17,19,21H2,1-2H3,(H,40,47)(H,41,46)/t22-,26-,32-,33-/m0/s1. The minimum absolute atomic E-state index is 0.0205. The van der Waals surface area contributed by atoms with Crippen molar-refractivity contribution in [2.75, 3.05) is 25.6 Å². The molecular weight excluding hydrogens is 717 g/mol. The van der Waals surface area contributed by atoms with Crippen molar-refractivity contribution in [2.45, 2.75) is 48.8 Å². The summed E-state index contributed by atoms with van der Waals surface area (Å²) >= 11 is 6.12. The quantitative estimate of drug-likeness (QED) is 0.0595. The summed E-state index contributed by atoms with van der Waals surface area (Å²) in [6.07, 6.45) is -0.456. The van der Waals surface area contributed by atoms with Gasteiger partial charge in [-0.05, 0) is 72.8 Å². The van der Waals surface area contributed by atoms with Crippen molar-refractivity contribution in [3.63, 3.8) is 0 Å². The van der Waals surface area contributed by atoms with E-state index < -0.39 is 58.6 Å². The van der Waals surface area contributed by atoms with E-state index in [1.165, 1.54) is 50.6 Å². The van der Waals surface area contributed by atoms with Gasteiger partial charge in [-0.2, -0.15) is 0 Å². The average molecular weight is 754 g/mol. The number of aromatic nitrogens is 1. The highest BCUT2D eigenvalue weighted by Gasteiger charge is 2.32. The van der Waals surface area contributed by atoms with E-state index in [9.17, 15) is 28.6 Å². The van der Waals surface area contributed by atoms with E-state index in [4.69, 9.17) is 21.1 Å². The fourth-order valence-corrected chi connectivity index (χ4v) is 6.63. The van der Waals surface area contributed by atoms with Crippen LogP contribution in [0.3, 0.4) is 0 Å². The molecule has 4 aromatic rings. The van der Waals surface area contributed by atoms with Gasteiger partial charge in [-0.1, -0.05) is 59.2 Å². The Kier molecular flexibility index (Phi) is 14.3. The minimum atomic E-state index is -4.10. The Morgan fingerprint density at radius 2 is 1.75 bits per heavy atom. The number of ether oxygens (including phenoxy) is 2. The Balaban J connectivity index is 1.61. The number of nitrogens with zero attached hydrogens (tertiary/aromatic N) is 4. The monoisotopic (exact) mass is 753 g/mol. The molecule has 3 aromatic carbocycles. The van der Waals surface area contributed by atoms with E-state index in [-0.39, 0.29) is 35.5 Å². The van der Waals surface area contributed by atoms with Gasteiger partial charge in [0.05, 0.1) is 24.2 Å². The van der Waals surface area contributed by atoms with Gasteiger partial charge in [-0.15, -0.1) is 0 Å². The highest BCUT2D eigenvalue weighted by molar-refractivity contribution is 7.89. The summed E-state index contributed by atoms with van der Waals surface area (Å²) in [6.45, 7) is 0.929. The molecule has 0 aliphatic heterocycles. The third kappa shape index (κ3) is 11.1. The second kappa shape index (κ2) is 18.8. The van der Waals surface area contributed by atoms with Crippen molar-refractivity contribution in [2.24, 2.45) is 5.11 Å². The lowest BCUT2D eigenvalue weighted by molar-refractivity contribution is -0.117. The molecule has 0 radical (unpaired) electrons. The summed E-state index contributed by atoms with van der Waals surface area (Å²) in [7, 11) is -2.64. The molecule has 0 aliphatic carbocycles. The average Bonchev–Trinajstić information content (AvgIpc) is 3.13. The molecule has 14 nitrogen and oxygen atoms in total. The number of methoxy groups -OCH3 is 1. The highest BCUT2D eigenvalue weighted by atomic mass is 35.5. The number of nitrogens with one attached hydrogen (secondary N) is 3. The zero-order chi connectivity index (χ0) is 37.7. The van der Waals surface area contributed by atoms with Crippen molar-refractivity contribution in [1.29, 1.82) is 0 Å². The Bertz CT molecular complexity index is 1970. The van der Waals surface area contributed by atoms with E-state index >= 15 is 4.39 Å². The number of hydrogen-bond acceptors (Lipinski definition) is 9. The second-order valence-electron chi connectivity index (χ2n) is 11.6. The third-order valence-electron chi connectivity index (χ3n) is 7.77. The number of sulfonamides is 1. The van der Waals surface area contributed by atoms with Gasteiger partial charge in [0, 0.05) is 45.9 Å². The molecule has 17 heteroatoms. The summed E-state index contributed by atoms with van der Waals surface area (Å²) in [5, 5.41) is 18.8. The minimum Gasteiger partial charge on any atom is -0.481 e. The molecule has 2 amide bonds. The van der Waals surface area contributed by atoms with Gasteiger partial charge in [0.15, 0.2) is 0 Å². The summed E-state index contributed by atoms with van der Waals surface area (Å²) in [6, 6.07) is 19.0. The van der Waals surface area contributed by atoms with Crippen molar-refractivity contribution in [1.82, 2.24) is 15.0 Å². The maximum Gasteiger partial charge on any atom is 0.407 e. The molecule has 4 atom stereocenters. The normalized spacial score (nSPS) is 13.5. The molecule has 1 heterocycles. The first-order valence-electron chi connectivity index (χ1n) is 16.0. The Morgan fingerprint density at radius 3 is 2.38 bits per heavy atom. The SMILES string of the molecule is COc1ccc([C@H](c2ccc(Cl)cc2)[C@H](N=[N+]=[N-])C(=O)Nc2cccc(F)c2CC[C@@H](COC(=O)NC[C@H](C)O)NS(=O)(=O)c2ccccc2)cn1. The number of aliphatic hydroxyl groups excluding tert-OH is 1. The molecular formula is C35H37ClFN7O7S. The number of azide groups is 1. The lowest BCUT2D eigenvalue weighted by Gasteiger charge is -2.25. The predicted octanol–water partition coefficient (Wildman–Crippen LogP) is 5.72. The zero-order valence-corrected chi connectivity index (χ0v) is 29.7. The van der Waals surface area contributed by atoms with Crippen LogP contribution in [0.1, 0.15) is 36.0 Å². The number of carbonyl (C=O) groups excluding carboxylic acids is 2. The molecule has 274 valence electrons. The second-order valence-corrected chi connectivity index (χ2v) is 13.7. The first-order valence-corrected chi connectivity index (χ1v) is 17.8. The maximum absolute atomic E-state index is 15.5. The predicted molar refractivity (Wildman–Crippen MR) is 192 cm³/mol. The molecule has 0 bridgehead atoms. The first kappa shape index (κ1) is 39.5. The van der Waals surface area contributed by atoms with Crippen molar-refractivity contribution >= 4 is 39.3 Å². The number of anilines is 1. The number of alkyl carbamates (subject to hydrolysis) is 1. The first-order chi connectivity index (χ1) is 24.9. The van der Waals surface area contributed by atoms with Gasteiger partial charge in [0.2, 0.25) is 21.8 Å². The Labute approximate surface area is 305 Å². The molecule has 4 N–H and O–H groups in total. The molecule has 52 heavy (non-hydrogen) atoms. The molecule has 0 spiro atoms. The fraction of sp³-hybridized carbons (Fsp3) is 0.286. The topological polar surface area (TPSA) is 205 Å². The van der Waals surface area contributed by atoms with Crippen LogP contribution < -0.4 is 20.1 Å². The molecule has 4 rings (SSSR count). The van der Waals surface area contributed by atoms with Crippen LogP contribution in [0.4, 0.5) is 14.9 Å². The lowest BCUT2D eigenvalue weighted by atomic mass is 9.85. The van der Waals surface area contributed by atoms with Crippen molar-refractivity contribution in [3.8, 4) is 5.88 Å². The summed E-state index contributed by atoms with van der Waals surface area (Å²) in [5.74, 6) is -1.99. The smallest absolute Gasteiger partial charge is 0.407 e. The van der Waals surface area contributed by atoms with Crippen LogP contribution in [0.15, 0.2) is 101 Å². The van der Waals surface area contributed by atoms with E-state index in [0.717, 1.165) is 0 Å². The van der Waals surface area contributed by atoms with Crippen LogP contribution in [0, 0.1) is 5.82 Å². The molecule has 1 aromatic heterocycles. The number of aliphatic hydroxyl groups is 1. The van der Waals surface area contributed by atoms with Gasteiger partial charge in [-0.25, -0.2) is 27.3 Å². The van der Waals surface area contributed by atoms with Gasteiger partial charge in [-0.3, -0.25) is 4.79 Å². The van der Waals surface area contributed by atoms with E-state index in [2.05, 4.69) is 30.4 Å². The molecule has 0 aliphatic rings. The Morgan fingerprint density at radius 1 is 1.04 bits per heavy atom. The van der Waals surface area contributed by atoms with Crippen molar-refractivity contribution in [3.05, 3.63) is 129 Å². The van der Waals surface area contributed by atoms with Crippen LogP contribution in [-0.2, 0) is 26.0 Å². The van der Waals surface area contributed by atoms with Crippen LogP contribution >= 0.6 is 11.6 Å². The summed E-state index contributed by atoms with van der Waals surface area (Å²) < 4.78 is 54.7. The number of pyridine rings is 1. The van der Waals surface area contributed by atoms with Gasteiger partial charge in [0.25, 0.3) is 0 Å². The lowest BCUT2D eigenvalue weighted by Crippen LogP contribution is -2.41. The number of amides is 2. The number of benzene rings is 3. The molecule has 0 fully saturated rings. The third-order valence-corrected chi connectivity index (χ3v) is 9.56. The van der Waals surface area contributed by atoms with Crippen molar-refractivity contribution < 1.29 is 37.0 Å². The number of hydrogen-bond donors (Lipinski definition) is 4. The maximum atomic E-state index is 15.5. The molecule has 0 saturated heterocycles. The summed E-state index contributed by atoms with van der Waals surface area (Å²) in [5.41, 5.74) is 10.7. The van der Waals surface area contributed by atoms with Crippen LogP contribution in [0.2, 0.25) is 5.02 Å².